The van der Waals surface area contributed by atoms with Crippen molar-refractivity contribution >= 4 is 6.41 Å². The third-order valence-electron chi connectivity index (χ3n) is 1.91. The highest BCUT2D eigenvalue weighted by Gasteiger charge is 2.00. The number of rotatable bonds is 7. The van der Waals surface area contributed by atoms with Crippen LogP contribution in [0.5, 0.6) is 0 Å². The molecular formula is C10H16N3O+. The minimum atomic E-state index is 0.725. The predicted molar refractivity (Wildman–Crippen MR) is 53.5 cm³/mol. The van der Waals surface area contributed by atoms with Gasteiger partial charge in [0, 0.05) is 13.0 Å². The molecule has 4 nitrogen and oxygen atoms in total. The second kappa shape index (κ2) is 5.96. The molecule has 1 rings (SSSR count). The van der Waals surface area contributed by atoms with Crippen molar-refractivity contribution in [3.63, 3.8) is 0 Å². The van der Waals surface area contributed by atoms with Gasteiger partial charge in [0.25, 0.3) is 0 Å². The lowest BCUT2D eigenvalue weighted by Gasteiger charge is -1.95. The number of nitrogens with zero attached hydrogens (tertiary/aromatic N) is 2. The van der Waals surface area contributed by atoms with E-state index in [0.29, 0.717) is 0 Å². The summed E-state index contributed by atoms with van der Waals surface area (Å²) in [5, 5.41) is 2.63. The largest absolute Gasteiger partial charge is 0.359 e. The number of carbonyl (C=O) groups is 1. The summed E-state index contributed by atoms with van der Waals surface area (Å²) in [5.74, 6) is 0. The van der Waals surface area contributed by atoms with Gasteiger partial charge in [-0.2, -0.15) is 0 Å². The zero-order chi connectivity index (χ0) is 10.2. The number of hydrogen-bond acceptors (Lipinski definition) is 1. The Morgan fingerprint density at radius 2 is 2.43 bits per heavy atom. The van der Waals surface area contributed by atoms with Crippen molar-refractivity contribution in [1.29, 1.82) is 0 Å². The van der Waals surface area contributed by atoms with Gasteiger partial charge in [-0.15, -0.1) is 0 Å². The molecule has 0 atom stereocenters. The van der Waals surface area contributed by atoms with Gasteiger partial charge in [-0.1, -0.05) is 12.7 Å². The lowest BCUT2D eigenvalue weighted by Crippen LogP contribution is -2.32. The van der Waals surface area contributed by atoms with Crippen LogP contribution < -0.4 is 9.88 Å². The van der Waals surface area contributed by atoms with Crippen molar-refractivity contribution in [3.05, 3.63) is 31.4 Å². The van der Waals surface area contributed by atoms with Gasteiger partial charge in [0.15, 0.2) is 0 Å². The zero-order valence-corrected chi connectivity index (χ0v) is 8.22. The van der Waals surface area contributed by atoms with E-state index in [1.807, 2.05) is 24.8 Å². The van der Waals surface area contributed by atoms with E-state index < -0.39 is 0 Å². The molecule has 0 aliphatic rings. The number of imidazole rings is 1. The third kappa shape index (κ3) is 3.43. The molecule has 0 aliphatic heterocycles. The molecule has 0 saturated heterocycles. The van der Waals surface area contributed by atoms with Crippen molar-refractivity contribution in [2.75, 3.05) is 6.54 Å². The summed E-state index contributed by atoms with van der Waals surface area (Å²) < 4.78 is 4.15. The molecular weight excluding hydrogens is 178 g/mol. The first-order valence-electron chi connectivity index (χ1n) is 4.69. The smallest absolute Gasteiger partial charge is 0.244 e. The normalized spacial score (nSPS) is 9.71. The van der Waals surface area contributed by atoms with Crippen LogP contribution in [0.4, 0.5) is 0 Å². The molecule has 0 aliphatic carbocycles. The van der Waals surface area contributed by atoms with Gasteiger partial charge in [-0.25, -0.2) is 9.13 Å². The molecule has 0 saturated carbocycles. The standard InChI is InChI=1S/C10H15N3O/c1-2-5-12-7-8-13(10-12)6-3-4-11-9-14/h2,7-10H,1,3-6H2/p+1. The van der Waals surface area contributed by atoms with Crippen LogP contribution in [-0.4, -0.2) is 17.5 Å². The average molecular weight is 194 g/mol. The Morgan fingerprint density at radius 3 is 3.14 bits per heavy atom. The zero-order valence-electron chi connectivity index (χ0n) is 8.22. The quantitative estimate of drug-likeness (QED) is 0.284. The van der Waals surface area contributed by atoms with Gasteiger partial charge < -0.3 is 5.32 Å². The molecule has 1 aromatic rings. The van der Waals surface area contributed by atoms with Crippen LogP contribution in [0.2, 0.25) is 0 Å². The predicted octanol–water partition coefficient (Wildman–Crippen LogP) is 0.0977. The summed E-state index contributed by atoms with van der Waals surface area (Å²) >= 11 is 0. The van der Waals surface area contributed by atoms with Gasteiger partial charge >= 0.3 is 0 Å². The fourth-order valence-electron chi connectivity index (χ4n) is 1.25. The number of hydrogen-bond donors (Lipinski definition) is 1. The molecule has 1 aromatic heterocycles. The van der Waals surface area contributed by atoms with E-state index >= 15 is 0 Å². The maximum absolute atomic E-state index is 9.97. The Bertz CT molecular complexity index is 293. The monoisotopic (exact) mass is 194 g/mol. The number of aryl methyl sites for hydroxylation is 1. The first-order chi connectivity index (χ1) is 6.86. The molecule has 14 heavy (non-hydrogen) atoms. The topological polar surface area (TPSA) is 37.9 Å². The van der Waals surface area contributed by atoms with Crippen LogP contribution in [0.25, 0.3) is 0 Å². The first kappa shape index (κ1) is 10.5. The second-order valence-corrected chi connectivity index (χ2v) is 3.06. The van der Waals surface area contributed by atoms with E-state index in [9.17, 15) is 4.79 Å². The maximum atomic E-state index is 9.97. The summed E-state index contributed by atoms with van der Waals surface area (Å²) in [6, 6.07) is 0. The molecule has 1 N–H and O–H groups in total. The molecule has 1 heterocycles. The third-order valence-corrected chi connectivity index (χ3v) is 1.91. The lowest BCUT2D eigenvalue weighted by molar-refractivity contribution is -0.696. The second-order valence-electron chi connectivity index (χ2n) is 3.06. The van der Waals surface area contributed by atoms with Gasteiger partial charge in [0.05, 0.1) is 6.54 Å². The molecule has 0 bridgehead atoms. The van der Waals surface area contributed by atoms with Crippen molar-refractivity contribution in [2.45, 2.75) is 19.5 Å². The highest BCUT2D eigenvalue weighted by atomic mass is 16.1. The van der Waals surface area contributed by atoms with Crippen molar-refractivity contribution in [3.8, 4) is 0 Å². The van der Waals surface area contributed by atoms with Gasteiger partial charge in [-0.05, 0) is 0 Å². The SMILES string of the molecule is C=CCn1cc[n+](CCCNC=O)c1. The van der Waals surface area contributed by atoms with E-state index in [0.717, 1.165) is 32.5 Å². The lowest BCUT2D eigenvalue weighted by atomic mass is 10.4. The maximum Gasteiger partial charge on any atom is 0.244 e. The minimum Gasteiger partial charge on any atom is -0.359 e. The molecule has 0 radical (unpaired) electrons. The minimum absolute atomic E-state index is 0.725. The van der Waals surface area contributed by atoms with Gasteiger partial charge in [-0.3, -0.25) is 4.79 Å². The van der Waals surface area contributed by atoms with Crippen molar-refractivity contribution in [1.82, 2.24) is 9.88 Å². The highest BCUT2D eigenvalue weighted by Crippen LogP contribution is 1.85. The van der Waals surface area contributed by atoms with Crippen LogP contribution in [0.15, 0.2) is 31.4 Å². The average Bonchev–Trinajstić information content (AvgIpc) is 2.61. The Kier molecular flexibility index (Phi) is 4.47. The number of nitrogens with one attached hydrogen (secondary N) is 1. The van der Waals surface area contributed by atoms with Crippen LogP contribution in [-0.2, 0) is 17.9 Å². The molecule has 0 aromatic carbocycles. The highest BCUT2D eigenvalue weighted by molar-refractivity contribution is 5.45. The van der Waals surface area contributed by atoms with Crippen molar-refractivity contribution in [2.24, 2.45) is 0 Å². The Morgan fingerprint density at radius 1 is 1.57 bits per heavy atom. The van der Waals surface area contributed by atoms with E-state index in [-0.39, 0.29) is 0 Å². The van der Waals surface area contributed by atoms with Gasteiger partial charge in [0.1, 0.15) is 18.9 Å². The Labute approximate surface area is 83.9 Å². The molecule has 0 spiro atoms. The summed E-state index contributed by atoms with van der Waals surface area (Å²) in [6.07, 6.45) is 9.59. The van der Waals surface area contributed by atoms with E-state index in [4.69, 9.17) is 0 Å². The molecule has 0 fully saturated rings. The molecule has 0 unspecified atom stereocenters. The van der Waals surface area contributed by atoms with Crippen LogP contribution in [0.1, 0.15) is 6.42 Å². The van der Waals surface area contributed by atoms with Gasteiger partial charge in [0.2, 0.25) is 12.7 Å². The van der Waals surface area contributed by atoms with Crippen LogP contribution in [0, 0.1) is 0 Å². The van der Waals surface area contributed by atoms with E-state index in [1.165, 1.54) is 0 Å². The summed E-state index contributed by atoms with van der Waals surface area (Å²) in [5.41, 5.74) is 0. The molecule has 76 valence electrons. The summed E-state index contributed by atoms with van der Waals surface area (Å²) in [4.78, 5) is 9.97. The van der Waals surface area contributed by atoms with Crippen LogP contribution in [0.3, 0.4) is 0 Å². The van der Waals surface area contributed by atoms with Crippen LogP contribution >= 0.6 is 0 Å². The number of allylic oxidation sites excluding steroid dienone is 1. The van der Waals surface area contributed by atoms with E-state index in [2.05, 4.69) is 21.0 Å². The number of aromatic nitrogens is 2. The molecule has 4 heteroatoms. The van der Waals surface area contributed by atoms with E-state index in [1.54, 1.807) is 0 Å². The number of carbonyl (C=O) groups excluding carboxylic acids is 1. The fourth-order valence-corrected chi connectivity index (χ4v) is 1.25. The Hall–Kier alpha value is -1.58. The summed E-state index contributed by atoms with van der Waals surface area (Å²) in [7, 11) is 0. The fraction of sp³-hybridized carbons (Fsp3) is 0.400. The van der Waals surface area contributed by atoms with Crippen molar-refractivity contribution < 1.29 is 9.36 Å². The first-order valence-corrected chi connectivity index (χ1v) is 4.69. The molecule has 1 amide bonds. The Balaban J connectivity index is 2.28. The summed E-state index contributed by atoms with van der Waals surface area (Å²) in [6.45, 7) is 6.15. The number of amides is 1.